The van der Waals surface area contributed by atoms with E-state index in [-0.39, 0.29) is 11.1 Å². The van der Waals surface area contributed by atoms with Gasteiger partial charge in [0.15, 0.2) is 0 Å². The number of aliphatic hydroxyl groups is 1. The van der Waals surface area contributed by atoms with Gasteiger partial charge in [-0.3, -0.25) is 0 Å². The van der Waals surface area contributed by atoms with Gasteiger partial charge in [0.1, 0.15) is 5.82 Å². The molecule has 0 aliphatic heterocycles. The highest BCUT2D eigenvalue weighted by Gasteiger charge is 2.22. The Kier molecular flexibility index (Phi) is 5.74. The number of rotatable bonds is 6. The first-order valence-corrected chi connectivity index (χ1v) is 6.64. The molecule has 2 N–H and O–H groups in total. The average Bonchev–Trinajstić information content (AvgIpc) is 2.28. The van der Waals surface area contributed by atoms with Crippen molar-refractivity contribution < 1.29 is 9.50 Å². The molecule has 1 rings (SSSR count). The van der Waals surface area contributed by atoms with Crippen LogP contribution in [0.1, 0.15) is 25.5 Å². The topological polar surface area (TPSA) is 35.5 Å². The second-order valence-corrected chi connectivity index (χ2v) is 5.92. The van der Waals surface area contributed by atoms with Crippen molar-refractivity contribution in [3.8, 4) is 0 Å². The first kappa shape index (κ1) is 16.4. The fourth-order valence-electron chi connectivity index (χ4n) is 2.01. The van der Waals surface area contributed by atoms with Crippen molar-refractivity contribution in [2.24, 2.45) is 0 Å². The number of nitrogens with one attached hydrogen (secondary N) is 1. The zero-order chi connectivity index (χ0) is 14.6. The lowest BCUT2D eigenvalue weighted by Crippen LogP contribution is -2.46. The van der Waals surface area contributed by atoms with Crippen molar-refractivity contribution in [3.05, 3.63) is 34.6 Å². The fraction of sp³-hybridized carbons (Fsp3) is 0.571. The van der Waals surface area contributed by atoms with Gasteiger partial charge in [0, 0.05) is 19.1 Å². The van der Waals surface area contributed by atoms with E-state index in [1.165, 1.54) is 6.07 Å². The molecule has 19 heavy (non-hydrogen) atoms. The van der Waals surface area contributed by atoms with E-state index in [2.05, 4.69) is 5.32 Å². The smallest absolute Gasteiger partial charge is 0.142 e. The van der Waals surface area contributed by atoms with Crippen LogP contribution in [0.2, 0.25) is 5.02 Å². The molecule has 2 atom stereocenters. The van der Waals surface area contributed by atoms with Gasteiger partial charge in [0.25, 0.3) is 0 Å². The summed E-state index contributed by atoms with van der Waals surface area (Å²) in [4.78, 5) is 1.92. The molecule has 0 bridgehead atoms. The van der Waals surface area contributed by atoms with E-state index in [9.17, 15) is 9.50 Å². The van der Waals surface area contributed by atoms with Gasteiger partial charge in [0.2, 0.25) is 0 Å². The molecule has 0 heterocycles. The minimum Gasteiger partial charge on any atom is -0.388 e. The highest BCUT2D eigenvalue weighted by molar-refractivity contribution is 6.30. The van der Waals surface area contributed by atoms with E-state index in [0.717, 1.165) is 5.56 Å². The predicted molar refractivity (Wildman–Crippen MR) is 77.0 cm³/mol. The third-order valence-electron chi connectivity index (χ3n) is 2.89. The molecule has 0 aromatic heterocycles. The maximum Gasteiger partial charge on any atom is 0.142 e. The molecule has 0 aliphatic rings. The second-order valence-electron chi connectivity index (χ2n) is 5.51. The van der Waals surface area contributed by atoms with E-state index in [1.807, 2.05) is 25.9 Å². The van der Waals surface area contributed by atoms with Crippen LogP contribution < -0.4 is 5.32 Å². The Morgan fingerprint density at radius 1 is 1.47 bits per heavy atom. The minimum absolute atomic E-state index is 0.0552. The normalized spacial score (nSPS) is 16.4. The Balaban J connectivity index is 2.59. The SMILES string of the molecule is CC(NCC(C)(O)CN(C)C)c1ccc(Cl)c(F)c1. The van der Waals surface area contributed by atoms with Crippen molar-refractivity contribution in [3.63, 3.8) is 0 Å². The van der Waals surface area contributed by atoms with Crippen molar-refractivity contribution in [2.45, 2.75) is 25.5 Å². The van der Waals surface area contributed by atoms with Gasteiger partial charge in [-0.2, -0.15) is 0 Å². The van der Waals surface area contributed by atoms with E-state index in [4.69, 9.17) is 11.6 Å². The van der Waals surface area contributed by atoms with E-state index in [0.29, 0.717) is 13.1 Å². The molecule has 108 valence electrons. The number of benzene rings is 1. The van der Waals surface area contributed by atoms with Crippen LogP contribution in [0.3, 0.4) is 0 Å². The molecule has 0 saturated carbocycles. The Morgan fingerprint density at radius 2 is 2.11 bits per heavy atom. The van der Waals surface area contributed by atoms with Crippen LogP contribution in [-0.2, 0) is 0 Å². The summed E-state index contributed by atoms with van der Waals surface area (Å²) in [6.45, 7) is 4.68. The number of hydrogen-bond donors (Lipinski definition) is 2. The maximum absolute atomic E-state index is 13.4. The summed E-state index contributed by atoms with van der Waals surface area (Å²) in [7, 11) is 3.82. The van der Waals surface area contributed by atoms with Gasteiger partial charge in [-0.25, -0.2) is 4.39 Å². The molecule has 0 aliphatic carbocycles. The minimum atomic E-state index is -0.831. The number of nitrogens with zero attached hydrogens (tertiary/aromatic N) is 1. The molecule has 0 fully saturated rings. The van der Waals surface area contributed by atoms with Gasteiger partial charge >= 0.3 is 0 Å². The molecule has 5 heteroatoms. The summed E-state index contributed by atoms with van der Waals surface area (Å²) < 4.78 is 13.4. The molecule has 3 nitrogen and oxygen atoms in total. The Bertz CT molecular complexity index is 424. The van der Waals surface area contributed by atoms with Gasteiger partial charge in [-0.05, 0) is 45.6 Å². The van der Waals surface area contributed by atoms with E-state index < -0.39 is 11.4 Å². The molecule has 1 aromatic rings. The van der Waals surface area contributed by atoms with E-state index >= 15 is 0 Å². The first-order chi connectivity index (χ1) is 8.71. The number of hydrogen-bond acceptors (Lipinski definition) is 3. The molecular weight excluding hydrogens is 267 g/mol. The van der Waals surface area contributed by atoms with Gasteiger partial charge < -0.3 is 15.3 Å². The lowest BCUT2D eigenvalue weighted by atomic mass is 10.0. The number of halogens is 2. The molecule has 0 amide bonds. The zero-order valence-corrected chi connectivity index (χ0v) is 12.6. The van der Waals surface area contributed by atoms with Crippen LogP contribution in [0.5, 0.6) is 0 Å². The third-order valence-corrected chi connectivity index (χ3v) is 3.20. The molecule has 2 unspecified atom stereocenters. The molecule has 1 aromatic carbocycles. The standard InChI is InChI=1S/C14H22ClFN2O/c1-10(11-5-6-12(15)13(16)7-11)17-8-14(2,19)9-18(3)4/h5-7,10,17,19H,8-9H2,1-4H3. The van der Waals surface area contributed by atoms with Crippen molar-refractivity contribution in [2.75, 3.05) is 27.2 Å². The third kappa shape index (κ3) is 5.45. The highest BCUT2D eigenvalue weighted by Crippen LogP contribution is 2.20. The largest absolute Gasteiger partial charge is 0.388 e. The van der Waals surface area contributed by atoms with Crippen molar-refractivity contribution >= 4 is 11.6 Å². The summed E-state index contributed by atoms with van der Waals surface area (Å²) in [5, 5.41) is 13.5. The second kappa shape index (κ2) is 6.66. The number of likely N-dealkylation sites (N-methyl/N-ethyl adjacent to an activating group) is 1. The van der Waals surface area contributed by atoms with Crippen LogP contribution in [0.4, 0.5) is 4.39 Å². The highest BCUT2D eigenvalue weighted by atomic mass is 35.5. The summed E-state index contributed by atoms with van der Waals surface area (Å²) >= 11 is 5.65. The summed E-state index contributed by atoms with van der Waals surface area (Å²) in [6.07, 6.45) is 0. The Hall–Kier alpha value is -0.680. The van der Waals surface area contributed by atoms with Crippen LogP contribution in [0, 0.1) is 5.82 Å². The van der Waals surface area contributed by atoms with Crippen molar-refractivity contribution in [1.29, 1.82) is 0 Å². The molecule has 0 radical (unpaired) electrons. The monoisotopic (exact) mass is 288 g/mol. The average molecular weight is 289 g/mol. The fourth-order valence-corrected chi connectivity index (χ4v) is 2.13. The molecule has 0 spiro atoms. The quantitative estimate of drug-likeness (QED) is 0.844. The van der Waals surface area contributed by atoms with Crippen LogP contribution >= 0.6 is 11.6 Å². The van der Waals surface area contributed by atoms with Gasteiger partial charge in [-0.1, -0.05) is 17.7 Å². The lowest BCUT2D eigenvalue weighted by Gasteiger charge is -2.29. The van der Waals surface area contributed by atoms with Crippen LogP contribution in [0.25, 0.3) is 0 Å². The van der Waals surface area contributed by atoms with Crippen LogP contribution in [-0.4, -0.2) is 42.8 Å². The van der Waals surface area contributed by atoms with Crippen molar-refractivity contribution in [1.82, 2.24) is 10.2 Å². The summed E-state index contributed by atoms with van der Waals surface area (Å²) in [5.41, 5.74) is -0.0227. The first-order valence-electron chi connectivity index (χ1n) is 6.27. The lowest BCUT2D eigenvalue weighted by molar-refractivity contribution is 0.0317. The van der Waals surface area contributed by atoms with Crippen LogP contribution in [0.15, 0.2) is 18.2 Å². The Morgan fingerprint density at radius 3 is 2.63 bits per heavy atom. The summed E-state index contributed by atoms with van der Waals surface area (Å²) in [6, 6.07) is 4.69. The van der Waals surface area contributed by atoms with Gasteiger partial charge in [-0.15, -0.1) is 0 Å². The summed E-state index contributed by atoms with van der Waals surface area (Å²) in [5.74, 6) is -0.423. The predicted octanol–water partition coefficient (Wildman–Crippen LogP) is 2.44. The molecule has 0 saturated heterocycles. The maximum atomic E-state index is 13.4. The van der Waals surface area contributed by atoms with Gasteiger partial charge in [0.05, 0.1) is 10.6 Å². The Labute approximate surface area is 119 Å². The zero-order valence-electron chi connectivity index (χ0n) is 11.9. The molecular formula is C14H22ClFN2O. The van der Waals surface area contributed by atoms with E-state index in [1.54, 1.807) is 19.1 Å².